The van der Waals surface area contributed by atoms with Gasteiger partial charge in [0.2, 0.25) is 5.78 Å². The molecule has 194 valence electrons. The van der Waals surface area contributed by atoms with Gasteiger partial charge in [0.05, 0.1) is 18.5 Å². The van der Waals surface area contributed by atoms with Gasteiger partial charge in [-0.2, -0.15) is 5.10 Å². The van der Waals surface area contributed by atoms with Crippen molar-refractivity contribution in [3.05, 3.63) is 72.8 Å². The topological polar surface area (TPSA) is 149 Å². The van der Waals surface area contributed by atoms with E-state index in [1.807, 2.05) is 19.1 Å². The van der Waals surface area contributed by atoms with Crippen molar-refractivity contribution in [3.8, 4) is 0 Å². The largest absolute Gasteiger partial charge is 0.462 e. The smallest absolute Gasteiger partial charge is 0.330 e. The van der Waals surface area contributed by atoms with Gasteiger partial charge in [0.1, 0.15) is 13.2 Å². The summed E-state index contributed by atoms with van der Waals surface area (Å²) in [6.07, 6.45) is 0.300. The lowest BCUT2D eigenvalue weighted by Gasteiger charge is -2.10. The molecule has 11 nitrogen and oxygen atoms in total. The molecule has 2 aromatic carbocycles. The van der Waals surface area contributed by atoms with Crippen LogP contribution in [0.15, 0.2) is 72.4 Å². The normalized spacial score (nSPS) is 10.6. The molecule has 0 bridgehead atoms. The Hall–Kier alpha value is -4.80. The van der Waals surface area contributed by atoms with Crippen molar-refractivity contribution in [1.29, 1.82) is 0 Å². The van der Waals surface area contributed by atoms with Gasteiger partial charge >= 0.3 is 17.9 Å². The van der Waals surface area contributed by atoms with Crippen LogP contribution in [0.3, 0.4) is 0 Å². The highest BCUT2D eigenvalue weighted by atomic mass is 16.6. The van der Waals surface area contributed by atoms with Crippen molar-refractivity contribution in [1.82, 2.24) is 0 Å². The number of nitrogens with one attached hydrogen (secondary N) is 2. The first kappa shape index (κ1) is 28.4. The monoisotopic (exact) mass is 509 g/mol. The van der Waals surface area contributed by atoms with E-state index >= 15 is 0 Å². The standard InChI is InChI=1S/C26H27N3O8/c1-3-22(31)35-15-16-36-23(32)13-14-24(33)37-17-21(30)25(26(34)27-19-10-5-4-6-11-19)29-28-20-12-8-7-9-18(20)2/h3-12,28H,1,13-17H2,2H3,(H,27,34)/b29-25+. The first-order valence-electron chi connectivity index (χ1n) is 11.2. The molecule has 0 aliphatic rings. The molecule has 0 unspecified atom stereocenters. The number of aryl methyl sites for hydroxylation is 1. The Morgan fingerprint density at radius 2 is 1.49 bits per heavy atom. The number of esters is 3. The molecule has 2 N–H and O–H groups in total. The highest BCUT2D eigenvalue weighted by Crippen LogP contribution is 2.13. The third kappa shape index (κ3) is 10.6. The third-order valence-electron chi connectivity index (χ3n) is 4.60. The summed E-state index contributed by atoms with van der Waals surface area (Å²) in [4.78, 5) is 60.1. The molecular weight excluding hydrogens is 482 g/mol. The summed E-state index contributed by atoms with van der Waals surface area (Å²) in [5, 5.41) is 6.53. The molecule has 0 aliphatic heterocycles. The maximum absolute atomic E-state index is 12.8. The number of ether oxygens (including phenoxy) is 3. The SMILES string of the molecule is C=CC(=O)OCCOC(=O)CCC(=O)OCC(=O)/C(=N\Nc1ccccc1C)C(=O)Nc1ccccc1. The maximum atomic E-state index is 12.8. The van der Waals surface area contributed by atoms with E-state index in [4.69, 9.17) is 9.47 Å². The molecule has 0 atom stereocenters. The van der Waals surface area contributed by atoms with E-state index in [1.165, 1.54) is 0 Å². The van der Waals surface area contributed by atoms with Crippen molar-refractivity contribution in [2.24, 2.45) is 5.10 Å². The van der Waals surface area contributed by atoms with E-state index < -0.39 is 41.9 Å². The molecule has 0 saturated carbocycles. The molecular formula is C26H27N3O8. The lowest BCUT2D eigenvalue weighted by atomic mass is 10.2. The number of carbonyl (C=O) groups is 5. The maximum Gasteiger partial charge on any atom is 0.330 e. The van der Waals surface area contributed by atoms with Crippen LogP contribution in [-0.4, -0.2) is 55.1 Å². The molecule has 0 spiro atoms. The summed E-state index contributed by atoms with van der Waals surface area (Å²) in [5.41, 5.74) is 4.04. The van der Waals surface area contributed by atoms with Crippen molar-refractivity contribution in [2.75, 3.05) is 30.6 Å². The van der Waals surface area contributed by atoms with E-state index in [2.05, 4.69) is 27.2 Å². The van der Waals surface area contributed by atoms with Crippen molar-refractivity contribution < 1.29 is 38.2 Å². The predicted molar refractivity (Wildman–Crippen MR) is 135 cm³/mol. The summed E-state index contributed by atoms with van der Waals surface area (Å²) in [7, 11) is 0. The molecule has 11 heteroatoms. The highest BCUT2D eigenvalue weighted by Gasteiger charge is 2.23. The summed E-state index contributed by atoms with van der Waals surface area (Å²) in [6, 6.07) is 15.6. The second kappa shape index (κ2) is 15.2. The Bertz CT molecular complexity index is 1160. The van der Waals surface area contributed by atoms with Crippen LogP contribution in [0.4, 0.5) is 11.4 Å². The second-order valence-corrected chi connectivity index (χ2v) is 7.38. The minimum absolute atomic E-state index is 0.154. The van der Waals surface area contributed by atoms with Crippen LogP contribution in [0.1, 0.15) is 18.4 Å². The Morgan fingerprint density at radius 1 is 0.865 bits per heavy atom. The van der Waals surface area contributed by atoms with Gasteiger partial charge in [0, 0.05) is 11.8 Å². The zero-order valence-corrected chi connectivity index (χ0v) is 20.2. The number of ketones is 1. The van der Waals surface area contributed by atoms with Gasteiger partial charge in [0.15, 0.2) is 12.3 Å². The van der Waals surface area contributed by atoms with E-state index in [9.17, 15) is 24.0 Å². The number of anilines is 2. The van der Waals surface area contributed by atoms with Gasteiger partial charge in [-0.15, -0.1) is 0 Å². The molecule has 0 fully saturated rings. The van der Waals surface area contributed by atoms with Crippen LogP contribution in [0.5, 0.6) is 0 Å². The molecule has 0 saturated heterocycles. The number of hydrogen-bond donors (Lipinski definition) is 2. The molecule has 0 heterocycles. The lowest BCUT2D eigenvalue weighted by molar-refractivity contribution is -0.153. The summed E-state index contributed by atoms with van der Waals surface area (Å²) >= 11 is 0. The van der Waals surface area contributed by atoms with E-state index in [0.29, 0.717) is 11.4 Å². The molecule has 0 aliphatic carbocycles. The van der Waals surface area contributed by atoms with Crippen LogP contribution in [0, 0.1) is 6.92 Å². The molecule has 0 aromatic heterocycles. The van der Waals surface area contributed by atoms with Crippen molar-refractivity contribution >= 4 is 46.7 Å². The third-order valence-corrected chi connectivity index (χ3v) is 4.60. The van der Waals surface area contributed by atoms with E-state index in [0.717, 1.165) is 11.6 Å². The van der Waals surface area contributed by atoms with Crippen LogP contribution in [0.2, 0.25) is 0 Å². The van der Waals surface area contributed by atoms with Crippen LogP contribution < -0.4 is 10.7 Å². The Balaban J connectivity index is 1.92. The van der Waals surface area contributed by atoms with Crippen LogP contribution in [0.25, 0.3) is 0 Å². The number of hydrogen-bond acceptors (Lipinski definition) is 10. The number of benzene rings is 2. The first-order valence-corrected chi connectivity index (χ1v) is 11.2. The van der Waals surface area contributed by atoms with Gasteiger partial charge in [-0.05, 0) is 30.7 Å². The van der Waals surface area contributed by atoms with Gasteiger partial charge in [-0.25, -0.2) is 4.79 Å². The van der Waals surface area contributed by atoms with Crippen LogP contribution in [-0.2, 0) is 38.2 Å². The Morgan fingerprint density at radius 3 is 2.16 bits per heavy atom. The first-order chi connectivity index (χ1) is 17.8. The fraction of sp³-hybridized carbons (Fsp3) is 0.231. The quantitative estimate of drug-likeness (QED) is 0.0745. The fourth-order valence-corrected chi connectivity index (χ4v) is 2.69. The number of carbonyl (C=O) groups excluding carboxylic acids is 5. The average Bonchev–Trinajstić information content (AvgIpc) is 2.90. The molecule has 2 aromatic rings. The van der Waals surface area contributed by atoms with Crippen molar-refractivity contribution in [2.45, 2.75) is 19.8 Å². The molecule has 2 rings (SSSR count). The van der Waals surface area contributed by atoms with Gasteiger partial charge < -0.3 is 19.5 Å². The highest BCUT2D eigenvalue weighted by molar-refractivity contribution is 6.68. The Labute approximate surface area is 213 Å². The number of nitrogens with zero attached hydrogens (tertiary/aromatic N) is 1. The number of rotatable bonds is 14. The zero-order chi connectivity index (χ0) is 27.0. The molecule has 37 heavy (non-hydrogen) atoms. The minimum atomic E-state index is -0.852. The summed E-state index contributed by atoms with van der Waals surface area (Å²) in [6.45, 7) is 3.95. The zero-order valence-electron chi connectivity index (χ0n) is 20.2. The molecule has 0 radical (unpaired) electrons. The van der Waals surface area contributed by atoms with Crippen LogP contribution >= 0.6 is 0 Å². The second-order valence-electron chi connectivity index (χ2n) is 7.38. The fourth-order valence-electron chi connectivity index (χ4n) is 2.69. The number of amides is 1. The average molecular weight is 510 g/mol. The summed E-state index contributed by atoms with van der Waals surface area (Å²) in [5.74, 6) is -3.87. The van der Waals surface area contributed by atoms with Crippen molar-refractivity contribution in [3.63, 3.8) is 0 Å². The molecule has 1 amide bonds. The van der Waals surface area contributed by atoms with Gasteiger partial charge in [-0.1, -0.05) is 43.0 Å². The number of para-hydroxylation sites is 2. The van der Waals surface area contributed by atoms with E-state index in [-0.39, 0.29) is 26.1 Å². The number of Topliss-reactive ketones (excluding diaryl/α,β-unsaturated/α-hetero) is 1. The van der Waals surface area contributed by atoms with Gasteiger partial charge in [0.25, 0.3) is 5.91 Å². The summed E-state index contributed by atoms with van der Waals surface area (Å²) < 4.78 is 14.4. The Kier molecular flexibility index (Phi) is 11.7. The minimum Gasteiger partial charge on any atom is -0.462 e. The predicted octanol–water partition coefficient (Wildman–Crippen LogP) is 2.57. The lowest BCUT2D eigenvalue weighted by Crippen LogP contribution is -2.34. The number of hydrazone groups is 1. The van der Waals surface area contributed by atoms with Gasteiger partial charge in [-0.3, -0.25) is 24.6 Å². The van der Waals surface area contributed by atoms with E-state index in [1.54, 1.807) is 42.5 Å².